The lowest BCUT2D eigenvalue weighted by Gasteiger charge is -2.50. The van der Waals surface area contributed by atoms with E-state index >= 15 is 0 Å². The molecule has 1 saturated heterocycles. The van der Waals surface area contributed by atoms with E-state index in [-0.39, 0.29) is 5.91 Å². The van der Waals surface area contributed by atoms with Gasteiger partial charge in [0.25, 0.3) is 0 Å². The summed E-state index contributed by atoms with van der Waals surface area (Å²) in [5, 5.41) is 11.8. The lowest BCUT2D eigenvalue weighted by molar-refractivity contribution is -0.153. The van der Waals surface area contributed by atoms with Crippen molar-refractivity contribution in [2.45, 2.75) is 38.8 Å². The molecule has 2 atom stereocenters. The Morgan fingerprint density at radius 2 is 1.95 bits per heavy atom. The molecular formula is C16H23ClN2O2. The van der Waals surface area contributed by atoms with E-state index in [1.165, 1.54) is 0 Å². The summed E-state index contributed by atoms with van der Waals surface area (Å²) in [5.41, 5.74) is 5.07. The van der Waals surface area contributed by atoms with Crippen molar-refractivity contribution in [1.82, 2.24) is 4.90 Å². The Hall–Kier alpha value is -1.10. The number of piperidine rings is 1. The topological polar surface area (TPSA) is 66.6 Å². The highest BCUT2D eigenvalue weighted by Gasteiger charge is 2.49. The number of hydrogen-bond donors (Lipinski definition) is 2. The van der Waals surface area contributed by atoms with E-state index < -0.39 is 17.1 Å². The van der Waals surface area contributed by atoms with Gasteiger partial charge in [0.15, 0.2) is 0 Å². The number of nitrogens with two attached hydrogens (primary N) is 1. The van der Waals surface area contributed by atoms with Crippen LogP contribution in [0.5, 0.6) is 0 Å². The van der Waals surface area contributed by atoms with Crippen LogP contribution in [0.1, 0.15) is 32.8 Å². The van der Waals surface area contributed by atoms with E-state index in [9.17, 15) is 9.90 Å². The minimum Gasteiger partial charge on any atom is -0.384 e. The molecule has 1 aliphatic rings. The molecule has 0 radical (unpaired) electrons. The first kappa shape index (κ1) is 16.3. The van der Waals surface area contributed by atoms with Crippen LogP contribution in [0.3, 0.4) is 0 Å². The Bertz CT molecular complexity index is 528. The number of carbonyl (C=O) groups is 1. The SMILES string of the molecule is CC(N)C(=O)N1CC[C@](O)(c2ccc(Cl)cc2)C(C)(C)C1. The average Bonchev–Trinajstić information content (AvgIpc) is 2.41. The minimum absolute atomic E-state index is 0.0683. The molecule has 1 aliphatic heterocycles. The fourth-order valence-electron chi connectivity index (χ4n) is 3.06. The van der Waals surface area contributed by atoms with Gasteiger partial charge >= 0.3 is 0 Å². The van der Waals surface area contributed by atoms with Crippen molar-refractivity contribution >= 4 is 17.5 Å². The van der Waals surface area contributed by atoms with Gasteiger partial charge in [-0.1, -0.05) is 37.6 Å². The number of halogens is 1. The van der Waals surface area contributed by atoms with Crippen LogP contribution >= 0.6 is 11.6 Å². The molecule has 4 nitrogen and oxygen atoms in total. The van der Waals surface area contributed by atoms with Gasteiger partial charge in [-0.25, -0.2) is 0 Å². The van der Waals surface area contributed by atoms with E-state index in [0.717, 1.165) is 5.56 Å². The lowest BCUT2D eigenvalue weighted by atomic mass is 9.66. The first-order chi connectivity index (χ1) is 9.67. The van der Waals surface area contributed by atoms with E-state index in [1.807, 2.05) is 26.0 Å². The Kier molecular flexibility index (Phi) is 4.34. The third-order valence-electron chi connectivity index (χ3n) is 4.47. The van der Waals surface area contributed by atoms with Crippen molar-refractivity contribution in [3.05, 3.63) is 34.9 Å². The standard InChI is InChI=1S/C16H23ClN2O2/c1-11(18)14(20)19-9-8-16(21,15(2,3)10-19)12-4-6-13(17)7-5-12/h4-7,11,21H,8-10,18H2,1-3H3/t11?,16-/m0/s1. The van der Waals surface area contributed by atoms with Crippen LogP contribution in [0.4, 0.5) is 0 Å². The van der Waals surface area contributed by atoms with Gasteiger partial charge in [0.05, 0.1) is 11.6 Å². The summed E-state index contributed by atoms with van der Waals surface area (Å²) in [6.45, 7) is 6.62. The molecule has 1 amide bonds. The summed E-state index contributed by atoms with van der Waals surface area (Å²) in [6.07, 6.45) is 0.486. The van der Waals surface area contributed by atoms with Crippen LogP contribution in [0, 0.1) is 5.41 Å². The summed E-state index contributed by atoms with van der Waals surface area (Å²) < 4.78 is 0. The summed E-state index contributed by atoms with van der Waals surface area (Å²) in [7, 11) is 0. The third-order valence-corrected chi connectivity index (χ3v) is 4.72. The monoisotopic (exact) mass is 310 g/mol. The molecule has 0 aromatic heterocycles. The molecule has 116 valence electrons. The second kappa shape index (κ2) is 5.59. The van der Waals surface area contributed by atoms with Crippen molar-refractivity contribution < 1.29 is 9.90 Å². The summed E-state index contributed by atoms with van der Waals surface area (Å²) in [6, 6.07) is 6.76. The van der Waals surface area contributed by atoms with Crippen LogP contribution in [-0.2, 0) is 10.4 Å². The molecular weight excluding hydrogens is 288 g/mol. The predicted molar refractivity (Wildman–Crippen MR) is 84.0 cm³/mol. The molecule has 1 unspecified atom stereocenters. The summed E-state index contributed by atoms with van der Waals surface area (Å²) >= 11 is 5.92. The van der Waals surface area contributed by atoms with Crippen LogP contribution in [0.15, 0.2) is 24.3 Å². The van der Waals surface area contributed by atoms with Gasteiger partial charge in [-0.05, 0) is 31.0 Å². The number of hydrogen-bond acceptors (Lipinski definition) is 3. The quantitative estimate of drug-likeness (QED) is 0.879. The van der Waals surface area contributed by atoms with Crippen molar-refractivity contribution in [2.75, 3.05) is 13.1 Å². The van der Waals surface area contributed by atoms with E-state index in [1.54, 1.807) is 24.0 Å². The predicted octanol–water partition coefficient (Wildman–Crippen LogP) is 2.13. The average molecular weight is 311 g/mol. The molecule has 21 heavy (non-hydrogen) atoms. The smallest absolute Gasteiger partial charge is 0.239 e. The van der Waals surface area contributed by atoms with Gasteiger partial charge in [0.1, 0.15) is 0 Å². The number of nitrogens with zero attached hydrogens (tertiary/aromatic N) is 1. The molecule has 1 fully saturated rings. The first-order valence-corrected chi connectivity index (χ1v) is 7.58. The van der Waals surface area contributed by atoms with Crippen molar-refractivity contribution in [1.29, 1.82) is 0 Å². The molecule has 0 aliphatic carbocycles. The molecule has 3 N–H and O–H groups in total. The Morgan fingerprint density at radius 1 is 1.38 bits per heavy atom. The molecule has 2 rings (SSSR count). The molecule has 0 bridgehead atoms. The van der Waals surface area contributed by atoms with Crippen LogP contribution < -0.4 is 5.73 Å². The highest BCUT2D eigenvalue weighted by atomic mass is 35.5. The largest absolute Gasteiger partial charge is 0.384 e. The second-order valence-corrected chi connectivity index (χ2v) is 6.99. The van der Waals surface area contributed by atoms with Crippen molar-refractivity contribution in [2.24, 2.45) is 11.1 Å². The highest BCUT2D eigenvalue weighted by Crippen LogP contribution is 2.46. The first-order valence-electron chi connectivity index (χ1n) is 7.20. The van der Waals surface area contributed by atoms with Crippen LogP contribution in [0.2, 0.25) is 5.02 Å². The van der Waals surface area contributed by atoms with Gasteiger partial charge in [-0.2, -0.15) is 0 Å². The molecule has 5 heteroatoms. The van der Waals surface area contributed by atoms with Gasteiger partial charge < -0.3 is 15.7 Å². The fraction of sp³-hybridized carbons (Fsp3) is 0.562. The Morgan fingerprint density at radius 3 is 2.43 bits per heavy atom. The maximum atomic E-state index is 12.1. The van der Waals surface area contributed by atoms with Crippen molar-refractivity contribution in [3.63, 3.8) is 0 Å². The molecule has 1 aromatic rings. The second-order valence-electron chi connectivity index (χ2n) is 6.55. The number of benzene rings is 1. The van der Waals surface area contributed by atoms with Gasteiger partial charge in [-0.15, -0.1) is 0 Å². The zero-order valence-corrected chi connectivity index (χ0v) is 13.5. The Balaban J connectivity index is 2.27. The molecule has 0 spiro atoms. The lowest BCUT2D eigenvalue weighted by Crippen LogP contribution is -2.58. The molecule has 1 heterocycles. The van der Waals surface area contributed by atoms with E-state index in [4.69, 9.17) is 17.3 Å². The van der Waals surface area contributed by atoms with E-state index in [0.29, 0.717) is 24.5 Å². The minimum atomic E-state index is -0.980. The van der Waals surface area contributed by atoms with Gasteiger partial charge in [0.2, 0.25) is 5.91 Å². The normalized spacial score (nSPS) is 26.5. The van der Waals surface area contributed by atoms with E-state index in [2.05, 4.69) is 0 Å². The molecule has 0 saturated carbocycles. The Labute approximate surface area is 130 Å². The zero-order valence-electron chi connectivity index (χ0n) is 12.8. The maximum Gasteiger partial charge on any atom is 0.239 e. The van der Waals surface area contributed by atoms with Gasteiger partial charge in [0, 0.05) is 23.5 Å². The number of amides is 1. The summed E-state index contributed by atoms with van der Waals surface area (Å²) in [5.74, 6) is -0.0683. The fourth-order valence-corrected chi connectivity index (χ4v) is 3.18. The zero-order chi connectivity index (χ0) is 15.8. The number of likely N-dealkylation sites (tertiary alicyclic amines) is 1. The van der Waals surface area contributed by atoms with Crippen LogP contribution in [0.25, 0.3) is 0 Å². The van der Waals surface area contributed by atoms with Crippen molar-refractivity contribution in [3.8, 4) is 0 Å². The summed E-state index contributed by atoms with van der Waals surface area (Å²) in [4.78, 5) is 13.8. The number of carbonyl (C=O) groups excluding carboxylic acids is 1. The number of rotatable bonds is 2. The van der Waals surface area contributed by atoms with Gasteiger partial charge in [-0.3, -0.25) is 4.79 Å². The number of aliphatic hydroxyl groups is 1. The maximum absolute atomic E-state index is 12.1. The highest BCUT2D eigenvalue weighted by molar-refractivity contribution is 6.30. The van der Waals surface area contributed by atoms with Crippen LogP contribution in [-0.4, -0.2) is 35.0 Å². The molecule has 1 aromatic carbocycles. The third kappa shape index (κ3) is 2.93.